The first kappa shape index (κ1) is 18.8. The van der Waals surface area contributed by atoms with Crippen molar-refractivity contribution >= 4 is 29.1 Å². The quantitative estimate of drug-likeness (QED) is 0.723. The highest BCUT2D eigenvalue weighted by Gasteiger charge is 2.54. The predicted octanol–water partition coefficient (Wildman–Crippen LogP) is 4.95. The Labute approximate surface area is 181 Å². The van der Waals surface area contributed by atoms with Gasteiger partial charge in [0.15, 0.2) is 0 Å². The topological polar surface area (TPSA) is 66.5 Å². The van der Waals surface area contributed by atoms with Gasteiger partial charge in [0.2, 0.25) is 5.91 Å². The molecule has 4 aliphatic carbocycles. The molecule has 158 valence electrons. The van der Waals surface area contributed by atoms with E-state index in [0.717, 1.165) is 24.8 Å². The maximum atomic E-state index is 13.5. The summed E-state index contributed by atoms with van der Waals surface area (Å²) in [7, 11) is 0. The number of anilines is 2. The fourth-order valence-electron chi connectivity index (χ4n) is 6.95. The van der Waals surface area contributed by atoms with E-state index in [2.05, 4.69) is 5.32 Å². The van der Waals surface area contributed by atoms with Crippen molar-refractivity contribution < 1.29 is 14.4 Å². The van der Waals surface area contributed by atoms with Crippen LogP contribution in [0.4, 0.5) is 11.4 Å². The van der Waals surface area contributed by atoms with Gasteiger partial charge in [-0.3, -0.25) is 14.4 Å². The molecule has 0 aromatic heterocycles. The van der Waals surface area contributed by atoms with Gasteiger partial charge < -0.3 is 5.32 Å². The number of amides is 3. The van der Waals surface area contributed by atoms with Crippen molar-refractivity contribution in [3.63, 3.8) is 0 Å². The normalized spacial score (nSPS) is 30.6. The van der Waals surface area contributed by atoms with Gasteiger partial charge in [-0.25, -0.2) is 4.90 Å². The molecule has 2 aromatic rings. The molecular weight excluding hydrogens is 388 g/mol. The number of hydrogen-bond donors (Lipinski definition) is 1. The van der Waals surface area contributed by atoms with Crippen LogP contribution in [-0.2, 0) is 4.79 Å². The van der Waals surface area contributed by atoms with Gasteiger partial charge in [-0.2, -0.15) is 0 Å². The lowest BCUT2D eigenvalue weighted by atomic mass is 9.49. The molecule has 31 heavy (non-hydrogen) atoms. The van der Waals surface area contributed by atoms with Crippen molar-refractivity contribution in [3.8, 4) is 0 Å². The number of nitrogens with one attached hydrogen (secondary N) is 1. The summed E-state index contributed by atoms with van der Waals surface area (Å²) in [6.07, 6.45) is 6.88. The zero-order valence-electron chi connectivity index (χ0n) is 17.7. The molecule has 1 heterocycles. The molecule has 0 atom stereocenters. The van der Waals surface area contributed by atoms with Crippen molar-refractivity contribution in [3.05, 3.63) is 59.2 Å². The first-order chi connectivity index (χ1) is 14.9. The lowest BCUT2D eigenvalue weighted by Gasteiger charge is -2.55. The number of fused-ring (bicyclic) bond motifs is 1. The van der Waals surface area contributed by atoms with Gasteiger partial charge in [0.25, 0.3) is 11.8 Å². The summed E-state index contributed by atoms with van der Waals surface area (Å²) in [5.41, 5.74) is 2.72. The Kier molecular flexibility index (Phi) is 3.95. The highest BCUT2D eigenvalue weighted by Crippen LogP contribution is 2.60. The fraction of sp³-hybridized carbons (Fsp3) is 0.423. The SMILES string of the molecule is Cc1ccc(N2C(=O)c3ccccc3C2=O)cc1NC(=O)C12CC3CC(CC(C3)C1)C2. The summed E-state index contributed by atoms with van der Waals surface area (Å²) < 4.78 is 0. The Balaban J connectivity index is 1.29. The molecule has 0 spiro atoms. The largest absolute Gasteiger partial charge is 0.325 e. The molecule has 7 rings (SSSR count). The number of rotatable bonds is 3. The van der Waals surface area contributed by atoms with Crippen LogP contribution >= 0.6 is 0 Å². The van der Waals surface area contributed by atoms with E-state index in [-0.39, 0.29) is 23.1 Å². The Morgan fingerprint density at radius 3 is 2.00 bits per heavy atom. The zero-order valence-corrected chi connectivity index (χ0v) is 17.7. The van der Waals surface area contributed by atoms with Crippen LogP contribution in [-0.4, -0.2) is 17.7 Å². The smallest absolute Gasteiger partial charge is 0.266 e. The third-order valence-electron chi connectivity index (χ3n) is 8.04. The summed E-state index contributed by atoms with van der Waals surface area (Å²) >= 11 is 0. The molecule has 5 aliphatic rings. The number of carbonyl (C=O) groups excluding carboxylic acids is 3. The molecule has 0 radical (unpaired) electrons. The molecule has 1 aliphatic heterocycles. The van der Waals surface area contributed by atoms with Crippen LogP contribution in [0.25, 0.3) is 0 Å². The number of carbonyl (C=O) groups is 3. The number of benzene rings is 2. The summed E-state index contributed by atoms with van der Waals surface area (Å²) in [4.78, 5) is 40.5. The maximum Gasteiger partial charge on any atom is 0.266 e. The van der Waals surface area contributed by atoms with Crippen LogP contribution in [0.3, 0.4) is 0 Å². The van der Waals surface area contributed by atoms with Gasteiger partial charge in [0.05, 0.1) is 22.2 Å². The average Bonchev–Trinajstić information content (AvgIpc) is 2.99. The van der Waals surface area contributed by atoms with E-state index in [0.29, 0.717) is 40.3 Å². The second-order valence-electron chi connectivity index (χ2n) is 10.1. The van der Waals surface area contributed by atoms with E-state index in [4.69, 9.17) is 0 Å². The second kappa shape index (κ2) is 6.52. The van der Waals surface area contributed by atoms with Crippen LogP contribution in [0.15, 0.2) is 42.5 Å². The van der Waals surface area contributed by atoms with E-state index in [1.54, 1.807) is 36.4 Å². The second-order valence-corrected chi connectivity index (χ2v) is 10.1. The van der Waals surface area contributed by atoms with Crippen molar-refractivity contribution in [2.75, 3.05) is 10.2 Å². The fourth-order valence-corrected chi connectivity index (χ4v) is 6.95. The van der Waals surface area contributed by atoms with Gasteiger partial charge in [0, 0.05) is 5.69 Å². The standard InChI is InChI=1S/C26H26N2O3/c1-15-6-7-19(28-23(29)20-4-2-3-5-21(20)24(28)30)11-22(15)27-25(31)26-12-16-8-17(13-26)10-18(9-16)14-26/h2-7,11,16-18H,8-10,12-14H2,1H3,(H,27,31). The number of aryl methyl sites for hydroxylation is 1. The molecule has 4 bridgehead atoms. The van der Waals surface area contributed by atoms with Crippen molar-refractivity contribution in [1.82, 2.24) is 0 Å². The molecule has 3 amide bonds. The maximum absolute atomic E-state index is 13.5. The van der Waals surface area contributed by atoms with Crippen LogP contribution in [0.5, 0.6) is 0 Å². The first-order valence-corrected chi connectivity index (χ1v) is 11.3. The van der Waals surface area contributed by atoms with Gasteiger partial charge in [0.1, 0.15) is 0 Å². The van der Waals surface area contributed by atoms with E-state index >= 15 is 0 Å². The summed E-state index contributed by atoms with van der Waals surface area (Å²) in [6.45, 7) is 1.95. The molecule has 0 unspecified atom stereocenters. The predicted molar refractivity (Wildman–Crippen MR) is 118 cm³/mol. The molecule has 5 heteroatoms. The lowest BCUT2D eigenvalue weighted by Crippen LogP contribution is -2.51. The number of imide groups is 1. The van der Waals surface area contributed by atoms with E-state index in [1.807, 2.05) is 13.0 Å². The summed E-state index contributed by atoms with van der Waals surface area (Å²) in [5, 5.41) is 3.19. The summed E-state index contributed by atoms with van der Waals surface area (Å²) in [5.74, 6) is 1.58. The van der Waals surface area contributed by atoms with Crippen LogP contribution in [0.1, 0.15) is 64.8 Å². The summed E-state index contributed by atoms with van der Waals surface area (Å²) in [6, 6.07) is 12.3. The van der Waals surface area contributed by atoms with E-state index in [1.165, 1.54) is 24.2 Å². The van der Waals surface area contributed by atoms with Crippen LogP contribution in [0.2, 0.25) is 0 Å². The lowest BCUT2D eigenvalue weighted by molar-refractivity contribution is -0.140. The zero-order chi connectivity index (χ0) is 21.3. The van der Waals surface area contributed by atoms with E-state index in [9.17, 15) is 14.4 Å². The molecule has 2 aromatic carbocycles. The van der Waals surface area contributed by atoms with Crippen molar-refractivity contribution in [1.29, 1.82) is 0 Å². The van der Waals surface area contributed by atoms with Gasteiger partial charge >= 0.3 is 0 Å². The average molecular weight is 415 g/mol. The third-order valence-corrected chi connectivity index (χ3v) is 8.04. The first-order valence-electron chi connectivity index (χ1n) is 11.3. The number of nitrogens with zero attached hydrogens (tertiary/aromatic N) is 1. The van der Waals surface area contributed by atoms with Crippen LogP contribution in [0, 0.1) is 30.1 Å². The minimum absolute atomic E-state index is 0.120. The highest BCUT2D eigenvalue weighted by atomic mass is 16.2. The third kappa shape index (κ3) is 2.79. The Hall–Kier alpha value is -2.95. The van der Waals surface area contributed by atoms with Gasteiger partial charge in [-0.1, -0.05) is 18.2 Å². The Morgan fingerprint density at radius 2 is 1.45 bits per heavy atom. The molecule has 0 saturated heterocycles. The molecule has 5 nitrogen and oxygen atoms in total. The van der Waals surface area contributed by atoms with Crippen molar-refractivity contribution in [2.24, 2.45) is 23.2 Å². The molecule has 4 saturated carbocycles. The molecule has 4 fully saturated rings. The van der Waals surface area contributed by atoms with Gasteiger partial charge in [-0.05, 0) is 93.0 Å². The monoisotopic (exact) mass is 414 g/mol. The van der Waals surface area contributed by atoms with Crippen LogP contribution < -0.4 is 10.2 Å². The van der Waals surface area contributed by atoms with Gasteiger partial charge in [-0.15, -0.1) is 0 Å². The Bertz CT molecular complexity index is 1060. The Morgan fingerprint density at radius 1 is 0.903 bits per heavy atom. The minimum atomic E-state index is -0.317. The van der Waals surface area contributed by atoms with Crippen molar-refractivity contribution in [2.45, 2.75) is 45.4 Å². The minimum Gasteiger partial charge on any atom is -0.325 e. The molecular formula is C26H26N2O3. The number of hydrogen-bond acceptors (Lipinski definition) is 3. The molecule has 1 N–H and O–H groups in total. The highest BCUT2D eigenvalue weighted by molar-refractivity contribution is 6.34. The van der Waals surface area contributed by atoms with E-state index < -0.39 is 0 Å².